The molecule has 2 rings (SSSR count). The second-order valence-corrected chi connectivity index (χ2v) is 3.47. The lowest BCUT2D eigenvalue weighted by Gasteiger charge is -2.24. The molecule has 3 N–H and O–H groups in total. The van der Waals surface area contributed by atoms with E-state index in [1.54, 1.807) is 6.20 Å². The van der Waals surface area contributed by atoms with Gasteiger partial charge in [0.2, 0.25) is 0 Å². The maximum atomic E-state index is 5.73. The zero-order chi connectivity index (χ0) is 9.80. The summed E-state index contributed by atoms with van der Waals surface area (Å²) in [5.74, 6) is 0.569. The highest BCUT2D eigenvalue weighted by atomic mass is 16.5. The molecule has 4 heteroatoms. The van der Waals surface area contributed by atoms with Crippen LogP contribution in [0.3, 0.4) is 0 Å². The van der Waals surface area contributed by atoms with Crippen molar-refractivity contribution < 1.29 is 4.74 Å². The molecular formula is C10H15N3O. The Morgan fingerprint density at radius 3 is 2.93 bits per heavy atom. The number of nitrogens with zero attached hydrogens (tertiary/aromatic N) is 1. The number of ether oxygens (including phenoxy) is 1. The molecule has 0 saturated carbocycles. The molecule has 14 heavy (non-hydrogen) atoms. The smallest absolute Gasteiger partial charge is 0.146 e. The Labute approximate surface area is 83.5 Å². The molecule has 1 saturated heterocycles. The fourth-order valence-corrected chi connectivity index (χ4v) is 1.60. The minimum absolute atomic E-state index is 0.468. The van der Waals surface area contributed by atoms with Crippen molar-refractivity contribution in [3.8, 4) is 0 Å². The molecule has 0 atom stereocenters. The standard InChI is InChI=1S/C10H15N3O/c11-10-9(2-1-5-12-10)13-8-3-6-14-7-4-8/h1-2,5,8,13H,3-4,6-7H2,(H2,11,12). The van der Waals surface area contributed by atoms with E-state index in [4.69, 9.17) is 10.5 Å². The summed E-state index contributed by atoms with van der Waals surface area (Å²) in [6, 6.07) is 4.31. The number of nitrogens with two attached hydrogens (primary N) is 1. The lowest BCUT2D eigenvalue weighted by atomic mass is 10.1. The van der Waals surface area contributed by atoms with Crippen molar-refractivity contribution >= 4 is 11.5 Å². The van der Waals surface area contributed by atoms with Crippen LogP contribution in [-0.2, 0) is 4.74 Å². The first-order chi connectivity index (χ1) is 6.86. The first-order valence-corrected chi connectivity index (χ1v) is 4.91. The Kier molecular flexibility index (Phi) is 2.84. The van der Waals surface area contributed by atoms with Crippen LogP contribution in [0.4, 0.5) is 11.5 Å². The molecule has 0 unspecified atom stereocenters. The van der Waals surface area contributed by atoms with Gasteiger partial charge in [0.25, 0.3) is 0 Å². The third kappa shape index (κ3) is 2.14. The van der Waals surface area contributed by atoms with Crippen molar-refractivity contribution in [2.45, 2.75) is 18.9 Å². The summed E-state index contributed by atoms with van der Waals surface area (Å²) >= 11 is 0. The predicted molar refractivity (Wildman–Crippen MR) is 56.1 cm³/mol. The van der Waals surface area contributed by atoms with E-state index in [1.165, 1.54) is 0 Å². The SMILES string of the molecule is Nc1ncccc1NC1CCOCC1. The Bertz CT molecular complexity index is 297. The third-order valence-corrected chi connectivity index (χ3v) is 2.42. The molecular weight excluding hydrogens is 178 g/mol. The summed E-state index contributed by atoms with van der Waals surface area (Å²) < 4.78 is 5.28. The molecule has 1 aromatic rings. The van der Waals surface area contributed by atoms with Crippen LogP contribution in [0.1, 0.15) is 12.8 Å². The van der Waals surface area contributed by atoms with Crippen LogP contribution in [0.2, 0.25) is 0 Å². The van der Waals surface area contributed by atoms with Crippen molar-refractivity contribution in [1.82, 2.24) is 4.98 Å². The summed E-state index contributed by atoms with van der Waals surface area (Å²) in [5, 5.41) is 3.38. The predicted octanol–water partition coefficient (Wildman–Crippen LogP) is 1.25. The highest BCUT2D eigenvalue weighted by Gasteiger charge is 2.14. The van der Waals surface area contributed by atoms with Gasteiger partial charge in [0, 0.05) is 25.5 Å². The number of hydrogen-bond acceptors (Lipinski definition) is 4. The molecule has 76 valence electrons. The van der Waals surface area contributed by atoms with Crippen LogP contribution in [0.15, 0.2) is 18.3 Å². The average molecular weight is 193 g/mol. The topological polar surface area (TPSA) is 60.2 Å². The van der Waals surface area contributed by atoms with E-state index < -0.39 is 0 Å². The van der Waals surface area contributed by atoms with Crippen LogP contribution in [-0.4, -0.2) is 24.2 Å². The van der Waals surface area contributed by atoms with Crippen molar-refractivity contribution in [3.63, 3.8) is 0 Å². The highest BCUT2D eigenvalue weighted by molar-refractivity contribution is 5.61. The highest BCUT2D eigenvalue weighted by Crippen LogP contribution is 2.18. The van der Waals surface area contributed by atoms with Crippen LogP contribution in [0, 0.1) is 0 Å². The molecule has 1 fully saturated rings. The van der Waals surface area contributed by atoms with Gasteiger partial charge in [-0.05, 0) is 25.0 Å². The second-order valence-electron chi connectivity index (χ2n) is 3.47. The van der Waals surface area contributed by atoms with E-state index >= 15 is 0 Å². The van der Waals surface area contributed by atoms with Gasteiger partial charge in [-0.15, -0.1) is 0 Å². The normalized spacial score (nSPS) is 18.0. The molecule has 0 radical (unpaired) electrons. The van der Waals surface area contributed by atoms with Gasteiger partial charge in [-0.2, -0.15) is 0 Å². The van der Waals surface area contributed by atoms with Gasteiger partial charge in [0.05, 0.1) is 5.69 Å². The minimum Gasteiger partial charge on any atom is -0.382 e. The van der Waals surface area contributed by atoms with Gasteiger partial charge in [-0.3, -0.25) is 0 Å². The van der Waals surface area contributed by atoms with Gasteiger partial charge < -0.3 is 15.8 Å². The maximum Gasteiger partial charge on any atom is 0.146 e. The van der Waals surface area contributed by atoms with Crippen molar-refractivity contribution in [2.75, 3.05) is 24.3 Å². The maximum absolute atomic E-state index is 5.73. The first-order valence-electron chi connectivity index (χ1n) is 4.91. The van der Waals surface area contributed by atoms with Gasteiger partial charge in [0.15, 0.2) is 0 Å². The minimum atomic E-state index is 0.468. The summed E-state index contributed by atoms with van der Waals surface area (Å²) in [6.45, 7) is 1.66. The van der Waals surface area contributed by atoms with Crippen LogP contribution >= 0.6 is 0 Å². The molecule has 2 heterocycles. The fourth-order valence-electron chi connectivity index (χ4n) is 1.60. The molecule has 4 nitrogen and oxygen atoms in total. The van der Waals surface area contributed by atoms with Crippen molar-refractivity contribution in [1.29, 1.82) is 0 Å². The Balaban J connectivity index is 1.99. The lowest BCUT2D eigenvalue weighted by Crippen LogP contribution is -2.28. The van der Waals surface area contributed by atoms with Crippen LogP contribution < -0.4 is 11.1 Å². The zero-order valence-corrected chi connectivity index (χ0v) is 8.07. The number of nitrogen functional groups attached to an aromatic ring is 1. The van der Waals surface area contributed by atoms with Gasteiger partial charge in [0.1, 0.15) is 5.82 Å². The Morgan fingerprint density at radius 2 is 2.21 bits per heavy atom. The number of hydrogen-bond donors (Lipinski definition) is 2. The van der Waals surface area contributed by atoms with Gasteiger partial charge in [-0.1, -0.05) is 0 Å². The number of pyridine rings is 1. The third-order valence-electron chi connectivity index (χ3n) is 2.42. The zero-order valence-electron chi connectivity index (χ0n) is 8.07. The molecule has 0 spiro atoms. The lowest BCUT2D eigenvalue weighted by molar-refractivity contribution is 0.0904. The van der Waals surface area contributed by atoms with E-state index in [9.17, 15) is 0 Å². The Morgan fingerprint density at radius 1 is 1.43 bits per heavy atom. The fraction of sp³-hybridized carbons (Fsp3) is 0.500. The van der Waals surface area contributed by atoms with E-state index in [0.29, 0.717) is 11.9 Å². The average Bonchev–Trinajstić information content (AvgIpc) is 2.23. The van der Waals surface area contributed by atoms with Crippen LogP contribution in [0.25, 0.3) is 0 Å². The number of nitrogens with one attached hydrogen (secondary N) is 1. The summed E-state index contributed by atoms with van der Waals surface area (Å²) in [5.41, 5.74) is 6.66. The molecule has 1 aliphatic heterocycles. The van der Waals surface area contributed by atoms with E-state index in [-0.39, 0.29) is 0 Å². The quantitative estimate of drug-likeness (QED) is 0.742. The van der Waals surface area contributed by atoms with Gasteiger partial charge in [-0.25, -0.2) is 4.98 Å². The summed E-state index contributed by atoms with van der Waals surface area (Å²) in [4.78, 5) is 4.03. The number of aromatic nitrogens is 1. The van der Waals surface area contributed by atoms with E-state index in [0.717, 1.165) is 31.7 Å². The van der Waals surface area contributed by atoms with Crippen molar-refractivity contribution in [3.05, 3.63) is 18.3 Å². The molecule has 0 amide bonds. The molecule has 1 aliphatic rings. The summed E-state index contributed by atoms with van der Waals surface area (Å²) in [7, 11) is 0. The first kappa shape index (κ1) is 9.27. The van der Waals surface area contributed by atoms with E-state index in [2.05, 4.69) is 10.3 Å². The van der Waals surface area contributed by atoms with Crippen molar-refractivity contribution in [2.24, 2.45) is 0 Å². The molecule has 0 bridgehead atoms. The monoisotopic (exact) mass is 193 g/mol. The molecule has 1 aromatic heterocycles. The summed E-state index contributed by atoms with van der Waals surface area (Å²) in [6.07, 6.45) is 3.77. The largest absolute Gasteiger partial charge is 0.382 e. The molecule has 0 aliphatic carbocycles. The molecule has 0 aromatic carbocycles. The van der Waals surface area contributed by atoms with E-state index in [1.807, 2.05) is 12.1 Å². The number of rotatable bonds is 2. The number of anilines is 2. The second kappa shape index (κ2) is 4.28. The Hall–Kier alpha value is -1.29. The van der Waals surface area contributed by atoms with Gasteiger partial charge >= 0.3 is 0 Å². The van der Waals surface area contributed by atoms with Crippen LogP contribution in [0.5, 0.6) is 0 Å².